The van der Waals surface area contributed by atoms with Gasteiger partial charge in [-0.2, -0.15) is 0 Å². The van der Waals surface area contributed by atoms with Crippen LogP contribution < -0.4 is 0 Å². The topological polar surface area (TPSA) is 66.8 Å². The molecule has 5 nitrogen and oxygen atoms in total. The van der Waals surface area contributed by atoms with Crippen LogP contribution in [0.2, 0.25) is 0 Å². The molecule has 1 saturated carbocycles. The SMILES string of the molecule is CCCCCOCC(=O)N1C[C@H](C(=O)O)[C@@H](C2CC2)C1. The molecular formula is C15H25NO4. The summed E-state index contributed by atoms with van der Waals surface area (Å²) in [5.41, 5.74) is 0. The Bertz CT molecular complexity index is 354. The summed E-state index contributed by atoms with van der Waals surface area (Å²) in [4.78, 5) is 25.0. The summed E-state index contributed by atoms with van der Waals surface area (Å²) in [6.45, 7) is 3.78. The van der Waals surface area contributed by atoms with Crippen molar-refractivity contribution in [1.29, 1.82) is 0 Å². The maximum absolute atomic E-state index is 12.0. The quantitative estimate of drug-likeness (QED) is 0.689. The predicted molar refractivity (Wildman–Crippen MR) is 74.3 cm³/mol. The minimum Gasteiger partial charge on any atom is -0.481 e. The van der Waals surface area contributed by atoms with E-state index in [4.69, 9.17) is 4.74 Å². The van der Waals surface area contributed by atoms with Crippen LogP contribution in [0.5, 0.6) is 0 Å². The summed E-state index contributed by atoms with van der Waals surface area (Å²) in [7, 11) is 0. The highest BCUT2D eigenvalue weighted by Crippen LogP contribution is 2.44. The first-order chi connectivity index (χ1) is 9.63. The van der Waals surface area contributed by atoms with E-state index in [1.54, 1.807) is 4.90 Å². The van der Waals surface area contributed by atoms with Crippen molar-refractivity contribution in [2.75, 3.05) is 26.3 Å². The maximum Gasteiger partial charge on any atom is 0.308 e. The van der Waals surface area contributed by atoms with E-state index in [-0.39, 0.29) is 24.3 Å². The fourth-order valence-electron chi connectivity index (χ4n) is 3.00. The van der Waals surface area contributed by atoms with Gasteiger partial charge in [0, 0.05) is 19.7 Å². The van der Waals surface area contributed by atoms with Gasteiger partial charge >= 0.3 is 5.97 Å². The molecule has 0 aromatic rings. The van der Waals surface area contributed by atoms with E-state index >= 15 is 0 Å². The lowest BCUT2D eigenvalue weighted by molar-refractivity contribution is -0.143. The molecule has 1 heterocycles. The molecule has 1 N–H and O–H groups in total. The molecule has 0 spiro atoms. The second-order valence-electron chi connectivity index (χ2n) is 6.00. The molecule has 20 heavy (non-hydrogen) atoms. The van der Waals surface area contributed by atoms with Crippen LogP contribution in [0.1, 0.15) is 39.0 Å². The molecule has 2 rings (SSSR count). The second-order valence-corrected chi connectivity index (χ2v) is 6.00. The van der Waals surface area contributed by atoms with Crippen LogP contribution in [0.25, 0.3) is 0 Å². The van der Waals surface area contributed by atoms with Crippen LogP contribution in [-0.2, 0) is 14.3 Å². The number of carboxylic acid groups (broad SMARTS) is 1. The Morgan fingerprint density at radius 1 is 1.25 bits per heavy atom. The molecule has 5 heteroatoms. The number of nitrogens with zero attached hydrogens (tertiary/aromatic N) is 1. The molecule has 0 unspecified atom stereocenters. The molecule has 0 aromatic heterocycles. The number of aliphatic carboxylic acids is 1. The third-order valence-corrected chi connectivity index (χ3v) is 4.38. The summed E-state index contributed by atoms with van der Waals surface area (Å²) in [6.07, 6.45) is 5.45. The molecule has 2 fully saturated rings. The van der Waals surface area contributed by atoms with Gasteiger partial charge in [-0.25, -0.2) is 0 Å². The number of unbranched alkanes of at least 4 members (excludes halogenated alkanes) is 2. The Morgan fingerprint density at radius 2 is 2.00 bits per heavy atom. The summed E-state index contributed by atoms with van der Waals surface area (Å²) in [5.74, 6) is -0.542. The minimum absolute atomic E-state index is 0.0594. The number of carbonyl (C=O) groups is 2. The third-order valence-electron chi connectivity index (χ3n) is 4.38. The second kappa shape index (κ2) is 7.07. The molecule has 2 aliphatic rings. The van der Waals surface area contributed by atoms with Gasteiger partial charge in [0.15, 0.2) is 0 Å². The Labute approximate surface area is 120 Å². The fraction of sp³-hybridized carbons (Fsp3) is 0.867. The third kappa shape index (κ3) is 3.95. The molecule has 1 amide bonds. The Morgan fingerprint density at radius 3 is 2.60 bits per heavy atom. The molecule has 1 aliphatic heterocycles. The molecular weight excluding hydrogens is 258 g/mol. The van der Waals surface area contributed by atoms with Crippen molar-refractivity contribution in [2.45, 2.75) is 39.0 Å². The van der Waals surface area contributed by atoms with Gasteiger partial charge in [0.1, 0.15) is 6.61 Å². The normalized spacial score (nSPS) is 25.9. The number of carbonyl (C=O) groups excluding carboxylic acids is 1. The van der Waals surface area contributed by atoms with Crippen LogP contribution in [0, 0.1) is 17.8 Å². The van der Waals surface area contributed by atoms with E-state index in [0.29, 0.717) is 25.6 Å². The first-order valence-corrected chi connectivity index (χ1v) is 7.71. The molecule has 2 atom stereocenters. The number of amides is 1. The van der Waals surface area contributed by atoms with Crippen molar-refractivity contribution in [3.63, 3.8) is 0 Å². The lowest BCUT2D eigenvalue weighted by Gasteiger charge is -2.16. The van der Waals surface area contributed by atoms with E-state index in [1.807, 2.05) is 0 Å². The van der Waals surface area contributed by atoms with Crippen LogP contribution in [0.15, 0.2) is 0 Å². The number of carboxylic acids is 1. The summed E-state index contributed by atoms with van der Waals surface area (Å²) >= 11 is 0. The van der Waals surface area contributed by atoms with Crippen molar-refractivity contribution >= 4 is 11.9 Å². The van der Waals surface area contributed by atoms with Gasteiger partial charge in [0.05, 0.1) is 5.92 Å². The van der Waals surface area contributed by atoms with Gasteiger partial charge in [-0.15, -0.1) is 0 Å². The first-order valence-electron chi connectivity index (χ1n) is 7.71. The van der Waals surface area contributed by atoms with Crippen LogP contribution in [-0.4, -0.2) is 48.2 Å². The average molecular weight is 283 g/mol. The van der Waals surface area contributed by atoms with Crippen molar-refractivity contribution in [1.82, 2.24) is 4.90 Å². The van der Waals surface area contributed by atoms with Crippen molar-refractivity contribution in [2.24, 2.45) is 17.8 Å². The first kappa shape index (κ1) is 15.3. The number of hydrogen-bond acceptors (Lipinski definition) is 3. The number of hydrogen-bond donors (Lipinski definition) is 1. The van der Waals surface area contributed by atoms with Gasteiger partial charge in [0.2, 0.25) is 5.91 Å². The molecule has 114 valence electrons. The predicted octanol–water partition coefficient (Wildman–Crippen LogP) is 1.76. The van der Waals surface area contributed by atoms with Gasteiger partial charge in [-0.1, -0.05) is 19.8 Å². The van der Waals surface area contributed by atoms with E-state index in [2.05, 4.69) is 6.92 Å². The summed E-state index contributed by atoms with van der Waals surface area (Å²) in [5, 5.41) is 9.26. The van der Waals surface area contributed by atoms with Gasteiger partial charge < -0.3 is 14.7 Å². The molecule has 1 saturated heterocycles. The maximum atomic E-state index is 12.0. The zero-order valence-electron chi connectivity index (χ0n) is 12.2. The highest BCUT2D eigenvalue weighted by Gasteiger charge is 2.46. The molecule has 0 aromatic carbocycles. The Kier molecular flexibility index (Phi) is 5.40. The van der Waals surface area contributed by atoms with E-state index in [1.165, 1.54) is 0 Å². The lowest BCUT2D eigenvalue weighted by Crippen LogP contribution is -2.33. The number of ether oxygens (including phenoxy) is 1. The highest BCUT2D eigenvalue weighted by molar-refractivity contribution is 5.80. The summed E-state index contributed by atoms with van der Waals surface area (Å²) in [6, 6.07) is 0. The van der Waals surface area contributed by atoms with Gasteiger partial charge in [0.25, 0.3) is 0 Å². The highest BCUT2D eigenvalue weighted by atomic mass is 16.5. The van der Waals surface area contributed by atoms with Crippen LogP contribution in [0.3, 0.4) is 0 Å². The van der Waals surface area contributed by atoms with Crippen molar-refractivity contribution < 1.29 is 19.4 Å². The van der Waals surface area contributed by atoms with Crippen LogP contribution >= 0.6 is 0 Å². The van der Waals surface area contributed by atoms with E-state index in [0.717, 1.165) is 32.1 Å². The Balaban J connectivity index is 1.75. The number of likely N-dealkylation sites (tertiary alicyclic amines) is 1. The Hall–Kier alpha value is -1.10. The van der Waals surface area contributed by atoms with Crippen molar-refractivity contribution in [3.8, 4) is 0 Å². The monoisotopic (exact) mass is 283 g/mol. The minimum atomic E-state index is -0.763. The molecule has 0 radical (unpaired) electrons. The molecule has 0 bridgehead atoms. The van der Waals surface area contributed by atoms with Gasteiger partial charge in [-0.3, -0.25) is 9.59 Å². The smallest absolute Gasteiger partial charge is 0.308 e. The number of rotatable bonds is 8. The summed E-state index contributed by atoms with van der Waals surface area (Å²) < 4.78 is 5.38. The van der Waals surface area contributed by atoms with Crippen molar-refractivity contribution in [3.05, 3.63) is 0 Å². The molecule has 1 aliphatic carbocycles. The van der Waals surface area contributed by atoms with E-state index in [9.17, 15) is 14.7 Å². The van der Waals surface area contributed by atoms with Crippen LogP contribution in [0.4, 0.5) is 0 Å². The fourth-order valence-corrected chi connectivity index (χ4v) is 3.00. The zero-order valence-corrected chi connectivity index (χ0v) is 12.2. The van der Waals surface area contributed by atoms with Gasteiger partial charge in [-0.05, 0) is 31.1 Å². The lowest BCUT2D eigenvalue weighted by atomic mass is 9.92. The zero-order chi connectivity index (χ0) is 14.5. The average Bonchev–Trinajstić information content (AvgIpc) is 3.16. The largest absolute Gasteiger partial charge is 0.481 e. The van der Waals surface area contributed by atoms with E-state index < -0.39 is 5.97 Å². The standard InChI is InChI=1S/C15H25NO4/c1-2-3-4-7-20-10-14(17)16-8-12(11-5-6-11)13(9-16)15(18)19/h11-13H,2-10H2,1H3,(H,18,19)/t12-,13+/m1/s1.